The number of hydrogen-bond donors (Lipinski definition) is 0. The van der Waals surface area contributed by atoms with E-state index in [9.17, 15) is 4.79 Å². The molecule has 0 N–H and O–H groups in total. The molecule has 0 bridgehead atoms. The van der Waals surface area contributed by atoms with E-state index in [0.29, 0.717) is 17.5 Å². The van der Waals surface area contributed by atoms with Crippen molar-refractivity contribution >= 4 is 16.9 Å². The van der Waals surface area contributed by atoms with E-state index < -0.39 is 0 Å². The molecule has 0 atom stereocenters. The predicted molar refractivity (Wildman–Crippen MR) is 105 cm³/mol. The molecule has 2 aromatic carbocycles. The number of esters is 1. The maximum atomic E-state index is 12.3. The van der Waals surface area contributed by atoms with Gasteiger partial charge in [-0.05, 0) is 85.4 Å². The average Bonchev–Trinajstić information content (AvgIpc) is 3.40. The number of ether oxygens (including phenoxy) is 1. The summed E-state index contributed by atoms with van der Waals surface area (Å²) in [5.74, 6) is 0.383. The maximum absolute atomic E-state index is 12.3. The minimum Gasteiger partial charge on any atom is -0.465 e. The average molecular weight is 347 g/mol. The quantitative estimate of drug-likeness (QED) is 0.573. The molecule has 4 rings (SSSR count). The molecule has 0 saturated heterocycles. The number of nitrogens with zero attached hydrogens (tertiary/aromatic N) is 1. The molecule has 0 amide bonds. The highest BCUT2D eigenvalue weighted by atomic mass is 16.5. The van der Waals surface area contributed by atoms with Crippen LogP contribution in [0.5, 0.6) is 0 Å². The van der Waals surface area contributed by atoms with Crippen molar-refractivity contribution in [2.24, 2.45) is 0 Å². The van der Waals surface area contributed by atoms with Crippen molar-refractivity contribution in [1.82, 2.24) is 4.57 Å². The lowest BCUT2D eigenvalue weighted by atomic mass is 9.96. The highest BCUT2D eigenvalue weighted by Gasteiger charge is 2.25. The number of hydrogen-bond acceptors (Lipinski definition) is 2. The highest BCUT2D eigenvalue weighted by molar-refractivity contribution is 5.91. The summed E-state index contributed by atoms with van der Waals surface area (Å²) in [6.07, 6.45) is 5.33. The van der Waals surface area contributed by atoms with Gasteiger partial charge in [0, 0.05) is 17.8 Å². The van der Waals surface area contributed by atoms with Gasteiger partial charge in [-0.3, -0.25) is 0 Å². The molecular formula is C23H25NO2. The Balaban J connectivity index is 1.68. The van der Waals surface area contributed by atoms with E-state index in [2.05, 4.69) is 61.0 Å². The van der Waals surface area contributed by atoms with E-state index in [1.165, 1.54) is 42.0 Å². The SMILES string of the molecule is COC(=O)c1cc(C2CC2)ccc1Cc1ccc2c(ccn2C(C)C)c1. The molecule has 1 aliphatic carbocycles. The first-order valence-electron chi connectivity index (χ1n) is 9.37. The van der Waals surface area contributed by atoms with Crippen LogP contribution in [0.1, 0.15) is 65.7 Å². The van der Waals surface area contributed by atoms with Gasteiger partial charge in [-0.1, -0.05) is 18.2 Å². The smallest absolute Gasteiger partial charge is 0.338 e. The van der Waals surface area contributed by atoms with Gasteiger partial charge in [-0.15, -0.1) is 0 Å². The first-order chi connectivity index (χ1) is 12.6. The van der Waals surface area contributed by atoms with E-state index in [1.807, 2.05) is 6.07 Å². The highest BCUT2D eigenvalue weighted by Crippen LogP contribution is 2.40. The Labute approximate surface area is 154 Å². The van der Waals surface area contributed by atoms with Gasteiger partial charge in [-0.25, -0.2) is 4.79 Å². The predicted octanol–water partition coefficient (Wildman–Crippen LogP) is 5.48. The number of carbonyl (C=O) groups excluding carboxylic acids is 1. The molecule has 3 aromatic rings. The third-order valence-electron chi connectivity index (χ3n) is 5.32. The zero-order valence-corrected chi connectivity index (χ0v) is 15.7. The van der Waals surface area contributed by atoms with Crippen LogP contribution in [-0.4, -0.2) is 17.6 Å². The number of rotatable bonds is 5. The summed E-state index contributed by atoms with van der Waals surface area (Å²) in [4.78, 5) is 12.3. The summed E-state index contributed by atoms with van der Waals surface area (Å²) in [6.45, 7) is 4.38. The van der Waals surface area contributed by atoms with Gasteiger partial charge in [0.1, 0.15) is 0 Å². The van der Waals surface area contributed by atoms with Crippen molar-refractivity contribution in [1.29, 1.82) is 0 Å². The van der Waals surface area contributed by atoms with E-state index in [1.54, 1.807) is 0 Å². The Hall–Kier alpha value is -2.55. The van der Waals surface area contributed by atoms with E-state index in [-0.39, 0.29) is 5.97 Å². The molecule has 1 fully saturated rings. The van der Waals surface area contributed by atoms with Crippen LogP contribution < -0.4 is 0 Å². The molecular weight excluding hydrogens is 322 g/mol. The van der Waals surface area contributed by atoms with Crippen LogP contribution in [-0.2, 0) is 11.2 Å². The molecule has 3 nitrogen and oxygen atoms in total. The van der Waals surface area contributed by atoms with E-state index in [4.69, 9.17) is 4.74 Å². The Morgan fingerprint density at radius 3 is 2.65 bits per heavy atom. The standard InChI is InChI=1S/C23H25NO2/c1-15(2)24-11-10-20-13-16(4-9-22(20)24)12-19-8-7-18(17-5-6-17)14-21(19)23(25)26-3/h4,7-11,13-15,17H,5-6,12H2,1-3H3. The second kappa shape index (κ2) is 6.64. The summed E-state index contributed by atoms with van der Waals surface area (Å²) >= 11 is 0. The fraction of sp³-hybridized carbons (Fsp3) is 0.348. The zero-order chi connectivity index (χ0) is 18.3. The number of fused-ring (bicyclic) bond motifs is 1. The summed E-state index contributed by atoms with van der Waals surface area (Å²) in [7, 11) is 1.45. The van der Waals surface area contributed by atoms with Crippen molar-refractivity contribution in [3.8, 4) is 0 Å². The van der Waals surface area contributed by atoms with Gasteiger partial charge in [0.25, 0.3) is 0 Å². The van der Waals surface area contributed by atoms with Gasteiger partial charge in [0.15, 0.2) is 0 Å². The van der Waals surface area contributed by atoms with Gasteiger partial charge in [0.2, 0.25) is 0 Å². The van der Waals surface area contributed by atoms with E-state index in [0.717, 1.165) is 12.0 Å². The maximum Gasteiger partial charge on any atom is 0.338 e. The molecule has 26 heavy (non-hydrogen) atoms. The fourth-order valence-corrected chi connectivity index (χ4v) is 3.71. The van der Waals surface area contributed by atoms with Gasteiger partial charge < -0.3 is 9.30 Å². The lowest BCUT2D eigenvalue weighted by Gasteiger charge is -2.12. The molecule has 0 radical (unpaired) electrons. The second-order valence-electron chi connectivity index (χ2n) is 7.57. The summed E-state index contributed by atoms with van der Waals surface area (Å²) < 4.78 is 7.31. The first kappa shape index (κ1) is 16.9. The van der Waals surface area contributed by atoms with Crippen molar-refractivity contribution in [3.63, 3.8) is 0 Å². The number of aromatic nitrogens is 1. The zero-order valence-electron chi connectivity index (χ0n) is 15.7. The number of benzene rings is 2. The summed E-state index contributed by atoms with van der Waals surface area (Å²) in [5.41, 5.74) is 5.46. The monoisotopic (exact) mass is 347 g/mol. The minimum atomic E-state index is -0.241. The topological polar surface area (TPSA) is 31.2 Å². The molecule has 1 saturated carbocycles. The molecule has 0 spiro atoms. The van der Waals surface area contributed by atoms with Crippen molar-refractivity contribution in [3.05, 3.63) is 70.9 Å². The van der Waals surface area contributed by atoms with Gasteiger partial charge in [0.05, 0.1) is 12.7 Å². The van der Waals surface area contributed by atoms with Crippen LogP contribution >= 0.6 is 0 Å². The largest absolute Gasteiger partial charge is 0.465 e. The van der Waals surface area contributed by atoms with Crippen LogP contribution in [0.3, 0.4) is 0 Å². The van der Waals surface area contributed by atoms with Crippen molar-refractivity contribution in [2.45, 2.75) is 45.1 Å². The summed E-state index contributed by atoms with van der Waals surface area (Å²) in [5, 5.41) is 1.24. The lowest BCUT2D eigenvalue weighted by molar-refractivity contribution is 0.0599. The molecule has 1 heterocycles. The molecule has 3 heteroatoms. The van der Waals surface area contributed by atoms with Crippen molar-refractivity contribution in [2.75, 3.05) is 7.11 Å². The van der Waals surface area contributed by atoms with Gasteiger partial charge >= 0.3 is 5.97 Å². The molecule has 0 aliphatic heterocycles. The third kappa shape index (κ3) is 3.14. The Bertz CT molecular complexity index is 963. The fourth-order valence-electron chi connectivity index (χ4n) is 3.71. The number of carbonyl (C=O) groups is 1. The van der Waals surface area contributed by atoms with Crippen LogP contribution in [0.2, 0.25) is 0 Å². The van der Waals surface area contributed by atoms with Crippen LogP contribution in [0.25, 0.3) is 10.9 Å². The molecule has 1 aliphatic rings. The van der Waals surface area contributed by atoms with Crippen LogP contribution in [0, 0.1) is 0 Å². The summed E-state index contributed by atoms with van der Waals surface area (Å²) in [6, 6.07) is 15.5. The molecule has 134 valence electrons. The Morgan fingerprint density at radius 1 is 1.15 bits per heavy atom. The Morgan fingerprint density at radius 2 is 1.96 bits per heavy atom. The van der Waals surface area contributed by atoms with Crippen LogP contribution in [0.15, 0.2) is 48.7 Å². The van der Waals surface area contributed by atoms with Crippen LogP contribution in [0.4, 0.5) is 0 Å². The Kier molecular flexibility index (Phi) is 4.31. The van der Waals surface area contributed by atoms with E-state index >= 15 is 0 Å². The molecule has 1 aromatic heterocycles. The van der Waals surface area contributed by atoms with Gasteiger partial charge in [-0.2, -0.15) is 0 Å². The first-order valence-corrected chi connectivity index (χ1v) is 9.37. The minimum absolute atomic E-state index is 0.241. The lowest BCUT2D eigenvalue weighted by Crippen LogP contribution is -2.07. The molecule has 0 unspecified atom stereocenters. The third-order valence-corrected chi connectivity index (χ3v) is 5.32. The van der Waals surface area contributed by atoms with Crippen molar-refractivity contribution < 1.29 is 9.53 Å². The normalized spacial score (nSPS) is 14.2. The second-order valence-corrected chi connectivity index (χ2v) is 7.57. The number of methoxy groups -OCH3 is 1.